The summed E-state index contributed by atoms with van der Waals surface area (Å²) in [6, 6.07) is 0. The van der Waals surface area contributed by atoms with Gasteiger partial charge in [-0.05, 0) is 40.3 Å². The van der Waals surface area contributed by atoms with Crippen LogP contribution in [0.15, 0.2) is 38.2 Å². The smallest absolute Gasteiger partial charge is 0.0521 e. The summed E-state index contributed by atoms with van der Waals surface area (Å²) >= 11 is 2.34. The molecule has 62 valence electrons. The van der Waals surface area contributed by atoms with Gasteiger partial charge in [0.15, 0.2) is 0 Å². The zero-order valence-electron chi connectivity index (χ0n) is 6.71. The first kappa shape index (κ1) is 8.04. The number of nitrogens with zero attached hydrogens (tertiary/aromatic N) is 1. The summed E-state index contributed by atoms with van der Waals surface area (Å²) in [5, 5.41) is 4.08. The van der Waals surface area contributed by atoms with E-state index in [1.54, 1.807) is 0 Å². The van der Waals surface area contributed by atoms with Crippen molar-refractivity contribution in [3.63, 3.8) is 0 Å². The van der Waals surface area contributed by atoms with Crippen LogP contribution in [-0.2, 0) is 0 Å². The third-order valence-corrected chi connectivity index (χ3v) is 3.11. The second-order valence-electron chi connectivity index (χ2n) is 2.88. The van der Waals surface area contributed by atoms with Crippen LogP contribution in [0.5, 0.6) is 0 Å². The van der Waals surface area contributed by atoms with Gasteiger partial charge in [-0.3, -0.25) is 5.43 Å². The molecular formula is C9H9IN2. The van der Waals surface area contributed by atoms with Gasteiger partial charge in [0.05, 0.1) is 6.21 Å². The van der Waals surface area contributed by atoms with E-state index in [-0.39, 0.29) is 0 Å². The maximum absolute atomic E-state index is 4.08. The number of nitrogens with one attached hydrogen (secondary N) is 1. The fraction of sp³-hybridized carbons (Fsp3) is 0.222. The van der Waals surface area contributed by atoms with Gasteiger partial charge in [-0.15, -0.1) is 0 Å². The van der Waals surface area contributed by atoms with Crippen molar-refractivity contribution in [2.24, 2.45) is 11.0 Å². The molecule has 1 atom stereocenters. The van der Waals surface area contributed by atoms with Crippen molar-refractivity contribution in [3.05, 3.63) is 33.1 Å². The fourth-order valence-electron chi connectivity index (χ4n) is 1.34. The van der Waals surface area contributed by atoms with Crippen LogP contribution < -0.4 is 5.43 Å². The molecule has 2 rings (SSSR count). The standard InChI is InChI=1S/C9H9IN2/c1-6-7-5-11-12-9(6)4-2-3-8(7)10/h2-6,12H,1H3. The maximum Gasteiger partial charge on any atom is 0.0521 e. The molecule has 1 unspecified atom stereocenters. The molecule has 2 aliphatic rings. The van der Waals surface area contributed by atoms with Crippen molar-refractivity contribution in [1.82, 2.24) is 5.43 Å². The molecule has 1 heterocycles. The van der Waals surface area contributed by atoms with Gasteiger partial charge in [0.2, 0.25) is 0 Å². The highest BCUT2D eigenvalue weighted by Crippen LogP contribution is 2.28. The number of halogens is 1. The SMILES string of the molecule is CC1C2=CC=CC(I)=C1C=NN2. The van der Waals surface area contributed by atoms with Gasteiger partial charge < -0.3 is 0 Å². The van der Waals surface area contributed by atoms with E-state index in [0.29, 0.717) is 5.92 Å². The van der Waals surface area contributed by atoms with Crippen LogP contribution in [0.25, 0.3) is 0 Å². The second-order valence-corrected chi connectivity index (χ2v) is 4.04. The van der Waals surface area contributed by atoms with E-state index < -0.39 is 0 Å². The summed E-state index contributed by atoms with van der Waals surface area (Å²) in [7, 11) is 0. The Bertz CT molecular complexity index is 323. The van der Waals surface area contributed by atoms with E-state index in [2.05, 4.69) is 58.3 Å². The number of rotatable bonds is 0. The monoisotopic (exact) mass is 272 g/mol. The molecule has 1 N–H and O–H groups in total. The van der Waals surface area contributed by atoms with Crippen LogP contribution >= 0.6 is 22.6 Å². The second kappa shape index (κ2) is 3.05. The predicted molar refractivity (Wildman–Crippen MR) is 59.1 cm³/mol. The lowest BCUT2D eigenvalue weighted by Crippen LogP contribution is -2.21. The zero-order valence-corrected chi connectivity index (χ0v) is 8.87. The van der Waals surface area contributed by atoms with Gasteiger partial charge in [0.1, 0.15) is 0 Å². The van der Waals surface area contributed by atoms with Gasteiger partial charge in [-0.1, -0.05) is 13.0 Å². The molecule has 1 aliphatic heterocycles. The van der Waals surface area contributed by atoms with Crippen molar-refractivity contribution < 1.29 is 0 Å². The molecule has 0 saturated carbocycles. The van der Waals surface area contributed by atoms with Gasteiger partial charge in [0, 0.05) is 15.2 Å². The van der Waals surface area contributed by atoms with E-state index in [1.807, 2.05) is 6.21 Å². The van der Waals surface area contributed by atoms with Crippen LogP contribution in [0.1, 0.15) is 6.92 Å². The summed E-state index contributed by atoms with van der Waals surface area (Å²) in [5.74, 6) is 0.449. The first-order valence-electron chi connectivity index (χ1n) is 3.86. The topological polar surface area (TPSA) is 24.4 Å². The molecule has 0 radical (unpaired) electrons. The van der Waals surface area contributed by atoms with Gasteiger partial charge in [-0.25, -0.2) is 0 Å². The molecule has 12 heavy (non-hydrogen) atoms. The van der Waals surface area contributed by atoms with Crippen molar-refractivity contribution in [2.45, 2.75) is 6.92 Å². The van der Waals surface area contributed by atoms with Crippen LogP contribution in [0.4, 0.5) is 0 Å². The number of fused-ring (bicyclic) bond motifs is 2. The minimum atomic E-state index is 0.449. The van der Waals surface area contributed by atoms with Crippen LogP contribution in [-0.4, -0.2) is 6.21 Å². The van der Waals surface area contributed by atoms with E-state index in [9.17, 15) is 0 Å². The Morgan fingerprint density at radius 1 is 1.58 bits per heavy atom. The zero-order chi connectivity index (χ0) is 8.55. The first-order chi connectivity index (χ1) is 5.79. The third kappa shape index (κ3) is 1.22. The Labute approximate surface area is 85.3 Å². The van der Waals surface area contributed by atoms with Crippen LogP contribution in [0, 0.1) is 5.92 Å². The summed E-state index contributed by atoms with van der Waals surface area (Å²) in [6.45, 7) is 2.19. The van der Waals surface area contributed by atoms with Crippen LogP contribution in [0.3, 0.4) is 0 Å². The molecule has 0 aromatic rings. The lowest BCUT2D eigenvalue weighted by atomic mass is 9.98. The Morgan fingerprint density at radius 3 is 3.25 bits per heavy atom. The van der Waals surface area contributed by atoms with E-state index in [4.69, 9.17) is 0 Å². The average molecular weight is 272 g/mol. The molecule has 2 nitrogen and oxygen atoms in total. The highest BCUT2D eigenvalue weighted by atomic mass is 127. The Morgan fingerprint density at radius 2 is 2.42 bits per heavy atom. The Kier molecular flexibility index (Phi) is 2.04. The lowest BCUT2D eigenvalue weighted by Gasteiger charge is -2.20. The largest absolute Gasteiger partial charge is 0.282 e. The average Bonchev–Trinajstić information content (AvgIpc) is 2.18. The summed E-state index contributed by atoms with van der Waals surface area (Å²) < 4.78 is 1.27. The molecule has 3 heteroatoms. The minimum absolute atomic E-state index is 0.449. The lowest BCUT2D eigenvalue weighted by molar-refractivity contribution is 0.696. The summed E-state index contributed by atoms with van der Waals surface area (Å²) in [5.41, 5.74) is 5.48. The number of allylic oxidation sites excluding steroid dienone is 5. The molecule has 0 aromatic carbocycles. The fourth-order valence-corrected chi connectivity index (χ4v) is 2.15. The molecular weight excluding hydrogens is 263 g/mol. The molecule has 2 bridgehead atoms. The highest BCUT2D eigenvalue weighted by Gasteiger charge is 2.19. The van der Waals surface area contributed by atoms with E-state index >= 15 is 0 Å². The normalized spacial score (nSPS) is 26.5. The Balaban J connectivity index is 2.57. The van der Waals surface area contributed by atoms with Gasteiger partial charge >= 0.3 is 0 Å². The molecule has 1 aliphatic carbocycles. The van der Waals surface area contributed by atoms with Crippen molar-refractivity contribution in [2.75, 3.05) is 0 Å². The molecule has 0 saturated heterocycles. The minimum Gasteiger partial charge on any atom is -0.282 e. The summed E-state index contributed by atoms with van der Waals surface area (Å²) in [4.78, 5) is 0. The van der Waals surface area contributed by atoms with Gasteiger partial charge in [-0.2, -0.15) is 5.10 Å². The van der Waals surface area contributed by atoms with Crippen molar-refractivity contribution >= 4 is 28.8 Å². The number of hydrogen-bond acceptors (Lipinski definition) is 2. The maximum atomic E-state index is 4.08. The number of hydrogen-bond donors (Lipinski definition) is 1. The van der Waals surface area contributed by atoms with Crippen molar-refractivity contribution in [3.8, 4) is 0 Å². The molecule has 0 aromatic heterocycles. The molecule has 0 spiro atoms. The van der Waals surface area contributed by atoms with Crippen LogP contribution in [0.2, 0.25) is 0 Å². The number of hydrazone groups is 1. The third-order valence-electron chi connectivity index (χ3n) is 2.12. The van der Waals surface area contributed by atoms with E-state index in [0.717, 1.165) is 0 Å². The predicted octanol–water partition coefficient (Wildman–Crippen LogP) is 2.35. The summed E-state index contributed by atoms with van der Waals surface area (Å²) in [6.07, 6.45) is 8.15. The molecule has 0 fully saturated rings. The first-order valence-corrected chi connectivity index (χ1v) is 4.94. The van der Waals surface area contributed by atoms with E-state index in [1.165, 1.54) is 14.8 Å². The quantitative estimate of drug-likeness (QED) is 0.672. The highest BCUT2D eigenvalue weighted by molar-refractivity contribution is 14.1. The Hall–Kier alpha value is -0.580. The van der Waals surface area contributed by atoms with Crippen molar-refractivity contribution in [1.29, 1.82) is 0 Å². The molecule has 0 amide bonds. The van der Waals surface area contributed by atoms with Gasteiger partial charge in [0.25, 0.3) is 0 Å².